The number of amides is 1. The molecule has 4 nitrogen and oxygen atoms in total. The molecule has 0 bridgehead atoms. The van der Waals surface area contributed by atoms with E-state index in [4.69, 9.17) is 18.0 Å². The van der Waals surface area contributed by atoms with Gasteiger partial charge < -0.3 is 11.1 Å². The molecule has 1 aromatic rings. The molecule has 1 aromatic heterocycles. The first-order valence-corrected chi connectivity index (χ1v) is 6.89. The Labute approximate surface area is 120 Å². The number of halogens is 1. The van der Waals surface area contributed by atoms with Crippen LogP contribution in [0.5, 0.6) is 0 Å². The Morgan fingerprint density at radius 1 is 1.50 bits per heavy atom. The van der Waals surface area contributed by atoms with E-state index in [1.54, 1.807) is 18.3 Å². The van der Waals surface area contributed by atoms with Gasteiger partial charge in [0.25, 0.3) is 5.91 Å². The second-order valence-electron chi connectivity index (χ2n) is 3.97. The lowest BCUT2D eigenvalue weighted by Crippen LogP contribution is -2.56. The highest BCUT2D eigenvalue weighted by molar-refractivity contribution is 9.10. The molecule has 6 heteroatoms. The molecule has 1 amide bonds. The average molecular weight is 330 g/mol. The van der Waals surface area contributed by atoms with E-state index in [0.29, 0.717) is 23.5 Å². The summed E-state index contributed by atoms with van der Waals surface area (Å²) in [5.74, 6) is -0.265. The van der Waals surface area contributed by atoms with Crippen LogP contribution in [0.3, 0.4) is 0 Å². The lowest BCUT2D eigenvalue weighted by Gasteiger charge is -2.31. The highest BCUT2D eigenvalue weighted by Gasteiger charge is 2.31. The molecule has 3 N–H and O–H groups in total. The molecular formula is C12H16BrN3OS. The quantitative estimate of drug-likeness (QED) is 0.814. The first-order valence-electron chi connectivity index (χ1n) is 5.69. The Hall–Kier alpha value is -1.01. The number of nitrogens with two attached hydrogens (primary N) is 1. The molecule has 0 fully saturated rings. The highest BCUT2D eigenvalue weighted by Crippen LogP contribution is 2.17. The van der Waals surface area contributed by atoms with Crippen LogP contribution in [-0.4, -0.2) is 21.4 Å². The number of aromatic nitrogens is 1. The molecule has 98 valence electrons. The maximum absolute atomic E-state index is 12.1. The monoisotopic (exact) mass is 329 g/mol. The summed E-state index contributed by atoms with van der Waals surface area (Å²) in [4.78, 5) is 16.4. The van der Waals surface area contributed by atoms with E-state index in [-0.39, 0.29) is 5.91 Å². The van der Waals surface area contributed by atoms with E-state index >= 15 is 0 Å². The molecule has 0 unspecified atom stereocenters. The second-order valence-corrected chi connectivity index (χ2v) is 5.32. The largest absolute Gasteiger partial charge is 0.391 e. The minimum atomic E-state index is -0.638. The van der Waals surface area contributed by atoms with Crippen LogP contribution in [0.4, 0.5) is 0 Å². The molecule has 0 aliphatic heterocycles. The van der Waals surface area contributed by atoms with Crippen LogP contribution in [0.15, 0.2) is 22.8 Å². The molecule has 1 heterocycles. The van der Waals surface area contributed by atoms with Crippen molar-refractivity contribution in [1.82, 2.24) is 10.3 Å². The molecule has 18 heavy (non-hydrogen) atoms. The van der Waals surface area contributed by atoms with Gasteiger partial charge in [-0.25, -0.2) is 4.98 Å². The molecule has 1 rings (SSSR count). The number of hydrogen-bond acceptors (Lipinski definition) is 3. The van der Waals surface area contributed by atoms with Gasteiger partial charge in [0, 0.05) is 10.7 Å². The van der Waals surface area contributed by atoms with Crippen LogP contribution in [0.1, 0.15) is 37.2 Å². The van der Waals surface area contributed by atoms with Gasteiger partial charge in [-0.3, -0.25) is 4.79 Å². The zero-order valence-electron chi connectivity index (χ0n) is 10.4. The summed E-state index contributed by atoms with van der Waals surface area (Å²) in [7, 11) is 0. The molecule has 0 saturated carbocycles. The minimum Gasteiger partial charge on any atom is -0.391 e. The van der Waals surface area contributed by atoms with Gasteiger partial charge in [0.1, 0.15) is 5.69 Å². The summed E-state index contributed by atoms with van der Waals surface area (Å²) < 4.78 is 0.825. The van der Waals surface area contributed by atoms with Crippen molar-refractivity contribution < 1.29 is 4.79 Å². The van der Waals surface area contributed by atoms with Gasteiger partial charge in [0.15, 0.2) is 0 Å². The van der Waals surface area contributed by atoms with E-state index in [9.17, 15) is 4.79 Å². The van der Waals surface area contributed by atoms with Crippen LogP contribution in [0, 0.1) is 0 Å². The Morgan fingerprint density at radius 3 is 2.50 bits per heavy atom. The van der Waals surface area contributed by atoms with Crippen LogP contribution < -0.4 is 11.1 Å². The van der Waals surface area contributed by atoms with E-state index in [2.05, 4.69) is 26.2 Å². The van der Waals surface area contributed by atoms with Crippen molar-refractivity contribution in [3.63, 3.8) is 0 Å². The third-order valence-electron chi connectivity index (χ3n) is 2.99. The van der Waals surface area contributed by atoms with Crippen molar-refractivity contribution >= 4 is 39.0 Å². The fourth-order valence-corrected chi connectivity index (χ4v) is 2.20. The number of nitrogens with zero attached hydrogens (tertiary/aromatic N) is 1. The third kappa shape index (κ3) is 3.26. The third-order valence-corrected chi connectivity index (χ3v) is 3.85. The summed E-state index contributed by atoms with van der Waals surface area (Å²) in [6.07, 6.45) is 2.89. The van der Waals surface area contributed by atoms with Gasteiger partial charge in [-0.1, -0.05) is 26.1 Å². The van der Waals surface area contributed by atoms with Crippen molar-refractivity contribution in [3.8, 4) is 0 Å². The summed E-state index contributed by atoms with van der Waals surface area (Å²) in [6.45, 7) is 3.88. The van der Waals surface area contributed by atoms with Crippen molar-refractivity contribution in [1.29, 1.82) is 0 Å². The standard InChI is InChI=1S/C12H16BrN3OS/c1-3-12(4-2,11(14)18)16-10(17)9-6-5-8(13)7-15-9/h5-7H,3-4H2,1-2H3,(H2,14,18)(H,16,17). The maximum Gasteiger partial charge on any atom is 0.270 e. The number of hydrogen-bond donors (Lipinski definition) is 2. The SMILES string of the molecule is CCC(CC)(NC(=O)c1ccc(Br)cn1)C(N)=S. The molecule has 0 spiro atoms. The lowest BCUT2D eigenvalue weighted by atomic mass is 9.92. The number of carbonyl (C=O) groups is 1. The first kappa shape index (κ1) is 15.0. The minimum absolute atomic E-state index is 0.265. The molecule has 0 radical (unpaired) electrons. The van der Waals surface area contributed by atoms with Crippen molar-refractivity contribution in [3.05, 3.63) is 28.5 Å². The van der Waals surface area contributed by atoms with E-state index in [1.807, 2.05) is 13.8 Å². The van der Waals surface area contributed by atoms with Crippen LogP contribution in [-0.2, 0) is 0 Å². The van der Waals surface area contributed by atoms with E-state index in [1.165, 1.54) is 0 Å². The van der Waals surface area contributed by atoms with Crippen LogP contribution in [0.25, 0.3) is 0 Å². The molecule has 0 aliphatic carbocycles. The lowest BCUT2D eigenvalue weighted by molar-refractivity contribution is 0.0914. The maximum atomic E-state index is 12.1. The zero-order valence-corrected chi connectivity index (χ0v) is 12.8. The Balaban J connectivity index is 2.91. The molecule has 0 atom stereocenters. The predicted octanol–water partition coefficient (Wildman–Crippen LogP) is 2.42. The van der Waals surface area contributed by atoms with Crippen molar-refractivity contribution in [2.24, 2.45) is 5.73 Å². The number of thiocarbonyl (C=S) groups is 1. The topological polar surface area (TPSA) is 68.0 Å². The van der Waals surface area contributed by atoms with E-state index < -0.39 is 5.54 Å². The first-order chi connectivity index (χ1) is 8.45. The molecule has 0 saturated heterocycles. The van der Waals surface area contributed by atoms with Gasteiger partial charge in [-0.15, -0.1) is 0 Å². The fraction of sp³-hybridized carbons (Fsp3) is 0.417. The number of rotatable bonds is 5. The number of carbonyl (C=O) groups excluding carboxylic acids is 1. The van der Waals surface area contributed by atoms with Gasteiger partial charge in [-0.2, -0.15) is 0 Å². The average Bonchev–Trinajstić information content (AvgIpc) is 2.36. The van der Waals surface area contributed by atoms with Crippen LogP contribution in [0.2, 0.25) is 0 Å². The summed E-state index contributed by atoms with van der Waals surface area (Å²) in [6, 6.07) is 3.41. The Bertz CT molecular complexity index is 443. The van der Waals surface area contributed by atoms with Crippen molar-refractivity contribution in [2.45, 2.75) is 32.2 Å². The smallest absolute Gasteiger partial charge is 0.270 e. The second kappa shape index (κ2) is 6.24. The highest BCUT2D eigenvalue weighted by atomic mass is 79.9. The normalized spacial score (nSPS) is 11.1. The number of pyridine rings is 1. The van der Waals surface area contributed by atoms with Gasteiger partial charge >= 0.3 is 0 Å². The van der Waals surface area contributed by atoms with Gasteiger partial charge in [-0.05, 0) is 40.9 Å². The number of nitrogens with one attached hydrogen (secondary N) is 1. The van der Waals surface area contributed by atoms with Crippen molar-refractivity contribution in [2.75, 3.05) is 0 Å². The van der Waals surface area contributed by atoms with Gasteiger partial charge in [0.05, 0.1) is 10.5 Å². The Kier molecular flexibility index (Phi) is 5.22. The summed E-state index contributed by atoms with van der Waals surface area (Å²) in [5.41, 5.74) is 5.44. The Morgan fingerprint density at radius 2 is 2.11 bits per heavy atom. The van der Waals surface area contributed by atoms with Gasteiger partial charge in [0.2, 0.25) is 0 Å². The van der Waals surface area contributed by atoms with E-state index in [0.717, 1.165) is 4.47 Å². The molecular weight excluding hydrogens is 314 g/mol. The van der Waals surface area contributed by atoms with Crippen LogP contribution >= 0.6 is 28.1 Å². The molecule has 0 aliphatic rings. The zero-order chi connectivity index (χ0) is 13.8. The fourth-order valence-electron chi connectivity index (χ4n) is 1.63. The summed E-state index contributed by atoms with van der Waals surface area (Å²) in [5, 5.41) is 2.88. The summed E-state index contributed by atoms with van der Waals surface area (Å²) >= 11 is 8.32. The molecule has 0 aromatic carbocycles. The predicted molar refractivity (Wildman–Crippen MR) is 79.5 cm³/mol.